The fourth-order valence-corrected chi connectivity index (χ4v) is 7.89. The number of carbonyl (C=O) groups is 2. The van der Waals surface area contributed by atoms with Gasteiger partial charge in [-0.1, -0.05) is 44.5 Å². The lowest BCUT2D eigenvalue weighted by Crippen LogP contribution is -2.48. The van der Waals surface area contributed by atoms with Gasteiger partial charge in [-0.05, 0) is 56.0 Å². The lowest BCUT2D eigenvalue weighted by atomic mass is 10.2. The molecule has 9 heteroatoms. The van der Waals surface area contributed by atoms with Crippen molar-refractivity contribution in [2.24, 2.45) is 0 Å². The van der Waals surface area contributed by atoms with Crippen LogP contribution in [0.3, 0.4) is 0 Å². The Balaban J connectivity index is 1.46. The van der Waals surface area contributed by atoms with E-state index in [0.717, 1.165) is 27.5 Å². The maximum atomic E-state index is 13.2. The first-order valence-corrected chi connectivity index (χ1v) is 14.1. The van der Waals surface area contributed by atoms with Gasteiger partial charge in [0.2, 0.25) is 0 Å². The van der Waals surface area contributed by atoms with Crippen molar-refractivity contribution in [1.82, 2.24) is 0 Å². The first-order chi connectivity index (χ1) is 15.3. The molecule has 1 aliphatic carbocycles. The van der Waals surface area contributed by atoms with Crippen LogP contribution in [0, 0.1) is 10.5 Å². The van der Waals surface area contributed by atoms with E-state index < -0.39 is 48.5 Å². The zero-order valence-electron chi connectivity index (χ0n) is 17.5. The molecule has 1 saturated heterocycles. The summed E-state index contributed by atoms with van der Waals surface area (Å²) in [5.74, 6) is -2.28. The van der Waals surface area contributed by atoms with Gasteiger partial charge in [0.1, 0.15) is 0 Å². The number of esters is 2. The zero-order chi connectivity index (χ0) is 22.5. The maximum absolute atomic E-state index is 13.2. The van der Waals surface area contributed by atoms with Gasteiger partial charge in [-0.3, -0.25) is 4.31 Å². The van der Waals surface area contributed by atoms with Crippen molar-refractivity contribution in [3.05, 3.63) is 57.2 Å². The molecule has 0 amide bonds. The molecule has 0 aromatic heterocycles. The highest BCUT2D eigenvalue weighted by Crippen LogP contribution is 2.39. The number of rotatable bonds is 3. The van der Waals surface area contributed by atoms with E-state index in [9.17, 15) is 18.0 Å². The molecule has 32 heavy (non-hydrogen) atoms. The average molecular weight is 567 g/mol. The molecular formula is C23H22INO6S. The SMILES string of the molecule is Cc1ccc(S(=O)(=O)N2CCc3ccc(I=C4C(=O)OC5(CCCC5)OC4=O)cc32)cc1. The normalized spacial score (nSPS) is 19.8. The fraction of sp³-hybridized carbons (Fsp3) is 0.348. The van der Waals surface area contributed by atoms with Gasteiger partial charge in [-0.15, -0.1) is 0 Å². The van der Waals surface area contributed by atoms with Crippen LogP contribution in [0.1, 0.15) is 36.8 Å². The molecule has 0 bridgehead atoms. The molecule has 1 spiro atoms. The summed E-state index contributed by atoms with van der Waals surface area (Å²) in [5, 5.41) is 0. The Morgan fingerprint density at radius 2 is 1.62 bits per heavy atom. The van der Waals surface area contributed by atoms with Crippen molar-refractivity contribution < 1.29 is 27.5 Å². The summed E-state index contributed by atoms with van der Waals surface area (Å²) >= 11 is -1.18. The topological polar surface area (TPSA) is 90.0 Å². The van der Waals surface area contributed by atoms with Crippen LogP contribution in [0.4, 0.5) is 5.69 Å². The number of anilines is 1. The first kappa shape index (κ1) is 21.6. The predicted octanol–water partition coefficient (Wildman–Crippen LogP) is 3.43. The fourth-order valence-electron chi connectivity index (χ4n) is 4.30. The number of ether oxygens (including phenoxy) is 2. The van der Waals surface area contributed by atoms with Gasteiger partial charge in [0.25, 0.3) is 15.8 Å². The lowest BCUT2D eigenvalue weighted by molar-refractivity contribution is -0.224. The van der Waals surface area contributed by atoms with E-state index >= 15 is 0 Å². The van der Waals surface area contributed by atoms with E-state index in [1.54, 1.807) is 30.3 Å². The Kier molecular flexibility index (Phi) is 5.36. The summed E-state index contributed by atoms with van der Waals surface area (Å²) < 4.78 is 39.8. The minimum Gasteiger partial charge on any atom is -0.418 e. The highest BCUT2D eigenvalue weighted by Gasteiger charge is 2.48. The number of aryl methyl sites for hydroxylation is 1. The van der Waals surface area contributed by atoms with Gasteiger partial charge >= 0.3 is 11.9 Å². The van der Waals surface area contributed by atoms with Crippen LogP contribution in [-0.2, 0) is 35.5 Å². The van der Waals surface area contributed by atoms with E-state index in [0.29, 0.717) is 31.5 Å². The highest BCUT2D eigenvalue weighted by molar-refractivity contribution is 14.2. The summed E-state index contributed by atoms with van der Waals surface area (Å²) in [5.41, 5.74) is 2.52. The molecule has 2 fully saturated rings. The van der Waals surface area contributed by atoms with Gasteiger partial charge in [-0.2, -0.15) is 0 Å². The van der Waals surface area contributed by atoms with Crippen LogP contribution >= 0.6 is 20.7 Å². The van der Waals surface area contributed by atoms with Crippen molar-refractivity contribution in [2.75, 3.05) is 10.8 Å². The molecule has 3 aliphatic rings. The molecule has 2 aliphatic heterocycles. The first-order valence-electron chi connectivity index (χ1n) is 10.5. The largest absolute Gasteiger partial charge is 0.418 e. The van der Waals surface area contributed by atoms with Crippen LogP contribution in [0.25, 0.3) is 0 Å². The van der Waals surface area contributed by atoms with Crippen LogP contribution < -0.4 is 4.31 Å². The number of fused-ring (bicyclic) bond motifs is 1. The molecule has 1 saturated carbocycles. The van der Waals surface area contributed by atoms with E-state index in [4.69, 9.17) is 9.47 Å². The van der Waals surface area contributed by atoms with Gasteiger partial charge in [0.05, 0.1) is 10.6 Å². The Morgan fingerprint density at radius 3 is 2.28 bits per heavy atom. The summed E-state index contributed by atoms with van der Waals surface area (Å²) in [6.07, 6.45) is 3.42. The molecule has 0 N–H and O–H groups in total. The van der Waals surface area contributed by atoms with Crippen LogP contribution in [0.2, 0.25) is 0 Å². The molecule has 2 aromatic carbocycles. The standard InChI is InChI=1S/C23H22INO6S/c1-15-4-8-18(9-5-15)32(28,29)25-13-10-16-6-7-17(14-19(16)25)24-20-21(26)30-23(31-22(20)27)11-2-3-12-23/h4-9,14H,2-3,10-13H2,1H3. The van der Waals surface area contributed by atoms with E-state index in [1.807, 2.05) is 19.1 Å². The predicted molar refractivity (Wildman–Crippen MR) is 127 cm³/mol. The molecule has 5 rings (SSSR count). The molecule has 0 atom stereocenters. The molecule has 7 nitrogen and oxygen atoms in total. The Morgan fingerprint density at radius 1 is 0.969 bits per heavy atom. The van der Waals surface area contributed by atoms with Crippen LogP contribution in [0.15, 0.2) is 47.4 Å². The smallest absolute Gasteiger partial charge is 0.354 e. The molecule has 2 heterocycles. The molecule has 0 radical (unpaired) electrons. The average Bonchev–Trinajstić information content (AvgIpc) is 3.38. The summed E-state index contributed by atoms with van der Waals surface area (Å²) in [4.78, 5) is 25.4. The second kappa shape index (κ2) is 7.95. The Bertz CT molecular complexity index is 1220. The van der Waals surface area contributed by atoms with Crippen LogP contribution in [-0.4, -0.2) is 36.2 Å². The second-order valence-corrected chi connectivity index (χ2v) is 12.9. The number of benzene rings is 2. The number of carbonyl (C=O) groups excluding carboxylic acids is 2. The van der Waals surface area contributed by atoms with E-state index in [1.165, 1.54) is 4.31 Å². The quantitative estimate of drug-likeness (QED) is 0.417. The number of nitrogens with zero attached hydrogens (tertiary/aromatic N) is 1. The third-order valence-corrected chi connectivity index (χ3v) is 10.5. The molecule has 2 aromatic rings. The van der Waals surface area contributed by atoms with Gasteiger partial charge in [0, 0.05) is 23.0 Å². The molecule has 0 unspecified atom stereocenters. The number of hydrogen-bond acceptors (Lipinski definition) is 6. The maximum Gasteiger partial charge on any atom is 0.354 e. The summed E-state index contributed by atoms with van der Waals surface area (Å²) in [6.45, 7) is 2.27. The lowest BCUT2D eigenvalue weighted by Gasteiger charge is -2.32. The number of sulfonamides is 1. The van der Waals surface area contributed by atoms with Gasteiger partial charge in [0.15, 0.2) is 3.51 Å². The second-order valence-electron chi connectivity index (χ2n) is 8.22. The van der Waals surface area contributed by atoms with Crippen molar-refractivity contribution in [3.63, 3.8) is 0 Å². The third kappa shape index (κ3) is 3.75. The highest BCUT2D eigenvalue weighted by atomic mass is 127. The van der Waals surface area contributed by atoms with Crippen molar-refractivity contribution >= 4 is 51.9 Å². The van der Waals surface area contributed by atoms with Crippen molar-refractivity contribution in [1.29, 1.82) is 0 Å². The molecule has 168 valence electrons. The monoisotopic (exact) mass is 567 g/mol. The summed E-state index contributed by atoms with van der Waals surface area (Å²) in [6, 6.07) is 12.3. The Hall–Kier alpha value is -2.27. The Labute approximate surface area is 196 Å². The van der Waals surface area contributed by atoms with Crippen LogP contribution in [0.5, 0.6) is 0 Å². The van der Waals surface area contributed by atoms with Gasteiger partial charge in [-0.25, -0.2) is 18.0 Å². The van der Waals surface area contributed by atoms with Crippen molar-refractivity contribution in [2.45, 2.75) is 49.7 Å². The minimum atomic E-state index is -3.70. The number of halogens is 1. The number of hydrogen-bond donors (Lipinski definition) is 0. The third-order valence-electron chi connectivity index (χ3n) is 5.99. The summed E-state index contributed by atoms with van der Waals surface area (Å²) in [7, 11) is -3.70. The van der Waals surface area contributed by atoms with Crippen molar-refractivity contribution in [3.8, 4) is 0 Å². The van der Waals surface area contributed by atoms with Gasteiger partial charge < -0.3 is 9.47 Å². The van der Waals surface area contributed by atoms with E-state index in [2.05, 4.69) is 0 Å². The van der Waals surface area contributed by atoms with E-state index in [-0.39, 0.29) is 8.40 Å². The zero-order valence-corrected chi connectivity index (χ0v) is 20.4. The minimum absolute atomic E-state index is 0.0483. The molecular weight excluding hydrogens is 545 g/mol.